The topological polar surface area (TPSA) is 92.8 Å². The van der Waals surface area contributed by atoms with Gasteiger partial charge >= 0.3 is 5.97 Å². The Balaban J connectivity index is 1.56. The van der Waals surface area contributed by atoms with Crippen molar-refractivity contribution in [3.63, 3.8) is 0 Å². The first-order chi connectivity index (χ1) is 19.7. The average Bonchev–Trinajstić information content (AvgIpc) is 3.54. The molecule has 0 radical (unpaired) electrons. The number of anilines is 2. The molecule has 0 saturated heterocycles. The number of ether oxygens (including phenoxy) is 1. The second-order valence-corrected chi connectivity index (χ2v) is 13.1. The van der Waals surface area contributed by atoms with Crippen molar-refractivity contribution in [1.29, 1.82) is 0 Å². The number of hydrogen-bond donors (Lipinski definition) is 1. The van der Waals surface area contributed by atoms with Gasteiger partial charge in [0.1, 0.15) is 5.00 Å². The molecule has 7 nitrogen and oxygen atoms in total. The van der Waals surface area contributed by atoms with Gasteiger partial charge in [-0.25, -0.2) is 13.2 Å². The standard InChI is InChI=1S/C31H29ClN2O5S2/c1-3-39-31(36)28-25-8-6-10-27(25)40-30(28)33-29(35)24-7-4-5-9-26(24)34(19-21-13-15-22(32)16-14-21)41(37,38)23-17-11-20(2)12-18-23/h4-5,7,9,11-18H,3,6,8,10,19H2,1-2H3,(H,33,35). The second kappa shape index (κ2) is 12.1. The Kier molecular flexibility index (Phi) is 8.49. The third-order valence-corrected chi connectivity index (χ3v) is 10.1. The molecule has 0 unspecified atom stereocenters. The number of benzene rings is 3. The fourth-order valence-corrected chi connectivity index (χ4v) is 7.73. The molecule has 0 saturated carbocycles. The molecular weight excluding hydrogens is 580 g/mol. The third kappa shape index (κ3) is 6.02. The monoisotopic (exact) mass is 608 g/mol. The zero-order valence-electron chi connectivity index (χ0n) is 22.6. The molecule has 3 aromatic carbocycles. The summed E-state index contributed by atoms with van der Waals surface area (Å²) >= 11 is 7.45. The Bertz CT molecular complexity index is 1700. The fourth-order valence-electron chi connectivity index (χ4n) is 4.86. The maximum atomic E-state index is 14.1. The first-order valence-electron chi connectivity index (χ1n) is 13.2. The van der Waals surface area contributed by atoms with E-state index in [1.807, 2.05) is 6.92 Å². The van der Waals surface area contributed by atoms with Gasteiger partial charge in [-0.3, -0.25) is 9.10 Å². The van der Waals surface area contributed by atoms with E-state index in [4.69, 9.17) is 16.3 Å². The first kappa shape index (κ1) is 28.9. The van der Waals surface area contributed by atoms with Gasteiger partial charge in [-0.15, -0.1) is 11.3 Å². The predicted molar refractivity (Wildman–Crippen MR) is 163 cm³/mol. The molecule has 5 rings (SSSR count). The Morgan fingerprint density at radius 3 is 2.41 bits per heavy atom. The smallest absolute Gasteiger partial charge is 0.341 e. The van der Waals surface area contributed by atoms with E-state index in [-0.39, 0.29) is 29.3 Å². The molecular formula is C31H29ClN2O5S2. The molecule has 1 aromatic heterocycles. The molecule has 0 fully saturated rings. The van der Waals surface area contributed by atoms with Crippen molar-refractivity contribution in [2.45, 2.75) is 44.6 Å². The third-order valence-electron chi connectivity index (χ3n) is 6.89. The summed E-state index contributed by atoms with van der Waals surface area (Å²) in [5.41, 5.74) is 3.29. The number of fused-ring (bicyclic) bond motifs is 1. The van der Waals surface area contributed by atoms with E-state index < -0.39 is 21.9 Å². The Morgan fingerprint density at radius 1 is 1.00 bits per heavy atom. The van der Waals surface area contributed by atoms with Gasteiger partial charge in [0.25, 0.3) is 15.9 Å². The number of nitrogens with zero attached hydrogens (tertiary/aromatic N) is 1. The van der Waals surface area contributed by atoms with Gasteiger partial charge in [-0.05, 0) is 80.6 Å². The molecule has 0 atom stereocenters. The minimum absolute atomic E-state index is 0.0287. The van der Waals surface area contributed by atoms with E-state index >= 15 is 0 Å². The molecule has 41 heavy (non-hydrogen) atoms. The SMILES string of the molecule is CCOC(=O)c1c(NC(=O)c2ccccc2N(Cc2ccc(Cl)cc2)S(=O)(=O)c2ccc(C)cc2)sc2c1CCC2. The highest BCUT2D eigenvalue weighted by Crippen LogP contribution is 2.40. The van der Waals surface area contributed by atoms with Crippen molar-refractivity contribution in [3.8, 4) is 0 Å². The molecule has 1 amide bonds. The molecule has 1 heterocycles. The highest BCUT2D eigenvalue weighted by molar-refractivity contribution is 7.92. The molecule has 1 aliphatic rings. The number of nitrogens with one attached hydrogen (secondary N) is 1. The van der Waals surface area contributed by atoms with Crippen molar-refractivity contribution in [3.05, 3.63) is 111 Å². The van der Waals surface area contributed by atoms with Gasteiger partial charge in [0, 0.05) is 9.90 Å². The van der Waals surface area contributed by atoms with E-state index in [0.29, 0.717) is 21.2 Å². The van der Waals surface area contributed by atoms with Gasteiger partial charge in [0.05, 0.1) is 34.9 Å². The predicted octanol–water partition coefficient (Wildman–Crippen LogP) is 7.02. The molecule has 1 aliphatic carbocycles. The minimum Gasteiger partial charge on any atom is -0.462 e. The number of carbonyl (C=O) groups is 2. The molecule has 1 N–H and O–H groups in total. The maximum Gasteiger partial charge on any atom is 0.341 e. The van der Waals surface area contributed by atoms with Crippen LogP contribution in [0.1, 0.15) is 55.6 Å². The van der Waals surface area contributed by atoms with Gasteiger partial charge in [-0.2, -0.15) is 0 Å². The van der Waals surface area contributed by atoms with Crippen molar-refractivity contribution in [2.24, 2.45) is 0 Å². The lowest BCUT2D eigenvalue weighted by molar-refractivity contribution is 0.0527. The number of para-hydroxylation sites is 1. The average molecular weight is 609 g/mol. The summed E-state index contributed by atoms with van der Waals surface area (Å²) in [7, 11) is -4.09. The minimum atomic E-state index is -4.09. The van der Waals surface area contributed by atoms with Crippen LogP contribution in [0.15, 0.2) is 77.7 Å². The second-order valence-electron chi connectivity index (χ2n) is 9.70. The van der Waals surface area contributed by atoms with Gasteiger partial charge in [-0.1, -0.05) is 53.6 Å². The summed E-state index contributed by atoms with van der Waals surface area (Å²) in [5.74, 6) is -0.993. The van der Waals surface area contributed by atoms with E-state index in [1.54, 1.807) is 79.7 Å². The van der Waals surface area contributed by atoms with Gasteiger partial charge in [0.2, 0.25) is 0 Å². The highest BCUT2D eigenvalue weighted by Gasteiger charge is 2.31. The summed E-state index contributed by atoms with van der Waals surface area (Å²) in [6.45, 7) is 3.81. The molecule has 0 spiro atoms. The molecule has 0 bridgehead atoms. The van der Waals surface area contributed by atoms with Crippen LogP contribution in [0.4, 0.5) is 10.7 Å². The van der Waals surface area contributed by atoms with Crippen molar-refractivity contribution < 1.29 is 22.7 Å². The zero-order valence-corrected chi connectivity index (χ0v) is 25.0. The summed E-state index contributed by atoms with van der Waals surface area (Å²) < 4.78 is 34.7. The number of hydrogen-bond acceptors (Lipinski definition) is 6. The zero-order chi connectivity index (χ0) is 29.1. The van der Waals surface area contributed by atoms with Gasteiger partial charge in [0.15, 0.2) is 0 Å². The number of thiophene rings is 1. The van der Waals surface area contributed by atoms with Crippen LogP contribution in [0.5, 0.6) is 0 Å². The molecule has 4 aromatic rings. The van der Waals surface area contributed by atoms with E-state index in [1.165, 1.54) is 15.6 Å². The van der Waals surface area contributed by atoms with Crippen LogP contribution in [-0.2, 0) is 34.1 Å². The number of esters is 1. The maximum absolute atomic E-state index is 14.1. The summed E-state index contributed by atoms with van der Waals surface area (Å²) in [6.07, 6.45) is 2.53. The van der Waals surface area contributed by atoms with Crippen molar-refractivity contribution >= 4 is 55.5 Å². The van der Waals surface area contributed by atoms with E-state index in [9.17, 15) is 18.0 Å². The van der Waals surface area contributed by atoms with Crippen molar-refractivity contribution in [1.82, 2.24) is 0 Å². The quantitative estimate of drug-likeness (QED) is 0.206. The van der Waals surface area contributed by atoms with Crippen molar-refractivity contribution in [2.75, 3.05) is 16.2 Å². The number of sulfonamides is 1. The molecule has 0 aliphatic heterocycles. The van der Waals surface area contributed by atoms with Crippen LogP contribution < -0.4 is 9.62 Å². The van der Waals surface area contributed by atoms with E-state index in [0.717, 1.165) is 35.3 Å². The molecule has 10 heteroatoms. The van der Waals surface area contributed by atoms with Crippen LogP contribution in [0.2, 0.25) is 5.02 Å². The molecule has 212 valence electrons. The lowest BCUT2D eigenvalue weighted by Crippen LogP contribution is -2.32. The normalized spacial score (nSPS) is 12.6. The Labute approximate surface area is 248 Å². The number of halogens is 1. The number of aryl methyl sites for hydroxylation is 2. The fraction of sp³-hybridized carbons (Fsp3) is 0.226. The lowest BCUT2D eigenvalue weighted by atomic mass is 10.1. The van der Waals surface area contributed by atoms with Crippen LogP contribution in [-0.4, -0.2) is 26.9 Å². The first-order valence-corrected chi connectivity index (χ1v) is 15.9. The highest BCUT2D eigenvalue weighted by atomic mass is 35.5. The largest absolute Gasteiger partial charge is 0.462 e. The number of rotatable bonds is 9. The summed E-state index contributed by atoms with van der Waals surface area (Å²) in [6, 6.07) is 20.0. The Morgan fingerprint density at radius 2 is 1.71 bits per heavy atom. The number of carbonyl (C=O) groups excluding carboxylic acids is 2. The van der Waals surface area contributed by atoms with Crippen LogP contribution >= 0.6 is 22.9 Å². The number of amides is 1. The van der Waals surface area contributed by atoms with Crippen LogP contribution in [0.25, 0.3) is 0 Å². The summed E-state index contributed by atoms with van der Waals surface area (Å²) in [4.78, 5) is 27.8. The lowest BCUT2D eigenvalue weighted by Gasteiger charge is -2.27. The van der Waals surface area contributed by atoms with Crippen LogP contribution in [0.3, 0.4) is 0 Å². The van der Waals surface area contributed by atoms with Crippen LogP contribution in [0, 0.1) is 6.92 Å². The van der Waals surface area contributed by atoms with E-state index in [2.05, 4.69) is 5.32 Å². The summed E-state index contributed by atoms with van der Waals surface area (Å²) in [5, 5.41) is 3.85. The van der Waals surface area contributed by atoms with Gasteiger partial charge < -0.3 is 10.1 Å². The Hall–Kier alpha value is -3.66.